The molecule has 0 bridgehead atoms. The summed E-state index contributed by atoms with van der Waals surface area (Å²) in [5, 5.41) is 21.3. The molecule has 2 nitrogen and oxygen atoms in total. The lowest BCUT2D eigenvalue weighted by molar-refractivity contribution is 1.42. The fourth-order valence-electron chi connectivity index (χ4n) is 7.79. The maximum atomic E-state index is 8.95. The van der Waals surface area contributed by atoms with Crippen molar-refractivity contribution in [1.82, 2.24) is 0 Å². The third kappa shape index (κ3) is 5.50. The highest BCUT2D eigenvalue weighted by atomic mass is 32.1. The molecule has 0 saturated carbocycles. The maximum Gasteiger partial charge on any atom is 0.152 e. The van der Waals surface area contributed by atoms with Crippen molar-refractivity contribution in [2.75, 3.05) is 0 Å². The van der Waals surface area contributed by atoms with Gasteiger partial charge in [-0.15, -0.1) is 11.3 Å². The van der Waals surface area contributed by atoms with Crippen LogP contribution in [0.25, 0.3) is 80.5 Å². The third-order valence-corrected chi connectivity index (χ3v) is 11.5. The summed E-state index contributed by atoms with van der Waals surface area (Å²) in [5.74, 6) is 0.238. The second-order valence-corrected chi connectivity index (χ2v) is 14.6. The number of allylic oxidation sites excluding steroid dienone is 1. The second kappa shape index (κ2) is 12.8. The zero-order chi connectivity index (χ0) is 35.3. The van der Waals surface area contributed by atoms with Crippen molar-refractivity contribution in [2.24, 2.45) is 4.99 Å². The lowest BCUT2D eigenvalue weighted by Crippen LogP contribution is -2.04. The molecule has 9 aromatic carbocycles. The van der Waals surface area contributed by atoms with Crippen LogP contribution in [0.4, 0.5) is 0 Å². The minimum absolute atomic E-state index is 0.238. The Kier molecular flexibility index (Phi) is 7.52. The number of fused-ring (bicyclic) bond motifs is 8. The molecule has 53 heavy (non-hydrogen) atoms. The Morgan fingerprint density at radius 3 is 2.08 bits per heavy atom. The Bertz CT molecular complexity index is 3130. The van der Waals surface area contributed by atoms with Gasteiger partial charge in [-0.2, -0.15) is 0 Å². The predicted molar refractivity (Wildman–Crippen MR) is 230 cm³/mol. The van der Waals surface area contributed by atoms with Crippen LogP contribution in [0, 0.1) is 5.41 Å². The number of nitrogens with zero attached hydrogens (tertiary/aromatic N) is 1. The average Bonchev–Trinajstić information content (AvgIpc) is 3.60. The van der Waals surface area contributed by atoms with E-state index in [1.165, 1.54) is 74.4 Å². The number of hydrogen-bond donors (Lipinski definition) is 1. The molecule has 0 aliphatic rings. The first kappa shape index (κ1) is 31.1. The molecule has 1 heterocycles. The monoisotopic (exact) mass is 692 g/mol. The van der Waals surface area contributed by atoms with Gasteiger partial charge >= 0.3 is 0 Å². The van der Waals surface area contributed by atoms with E-state index in [1.54, 1.807) is 11.3 Å². The molecule has 0 atom stereocenters. The van der Waals surface area contributed by atoms with Gasteiger partial charge in [-0.1, -0.05) is 152 Å². The highest BCUT2D eigenvalue weighted by molar-refractivity contribution is 7.25. The molecule has 0 unspecified atom stereocenters. The van der Waals surface area contributed by atoms with Crippen molar-refractivity contribution in [1.29, 1.82) is 5.41 Å². The van der Waals surface area contributed by atoms with Gasteiger partial charge < -0.3 is 0 Å². The van der Waals surface area contributed by atoms with Crippen LogP contribution >= 0.6 is 11.3 Å². The first-order valence-corrected chi connectivity index (χ1v) is 18.7. The fourth-order valence-corrected chi connectivity index (χ4v) is 8.92. The molecule has 0 saturated heterocycles. The molecule has 10 aromatic rings. The summed E-state index contributed by atoms with van der Waals surface area (Å²) in [7, 11) is 0. The minimum atomic E-state index is 0.238. The molecule has 0 spiro atoms. The molecule has 10 rings (SSSR count). The van der Waals surface area contributed by atoms with Gasteiger partial charge in [0.15, 0.2) is 5.84 Å². The number of aliphatic imine (C=N–C) groups is 1. The Hall–Kier alpha value is -6.68. The topological polar surface area (TPSA) is 36.2 Å². The standard InChI is InChI=1S/C50H32N2S/c51-50(34-12-2-1-3-13-34)52-45(42-18-10-20-47-49(42)43-17-8-9-19-46(43)53-47)28-22-32-21-23-36-30-38(25-24-35(36)29-32)48-40-16-7-5-14-37(40)31-44-39-15-6-4-11-33(39)26-27-41(44)48/h1-31,51H/b28-22+,51-50?,52-45?. The number of hydrogen-bond acceptors (Lipinski definition) is 2. The summed E-state index contributed by atoms with van der Waals surface area (Å²) in [6, 6.07) is 62.4. The zero-order valence-corrected chi connectivity index (χ0v) is 29.6. The van der Waals surface area contributed by atoms with Gasteiger partial charge in [-0.3, -0.25) is 5.41 Å². The first-order valence-electron chi connectivity index (χ1n) is 17.9. The number of thiophene rings is 1. The Balaban J connectivity index is 1.08. The molecule has 1 N–H and O–H groups in total. The third-order valence-electron chi connectivity index (χ3n) is 10.3. The van der Waals surface area contributed by atoms with Crippen molar-refractivity contribution in [2.45, 2.75) is 0 Å². The number of nitrogens with one attached hydrogen (secondary N) is 1. The van der Waals surface area contributed by atoms with Crippen molar-refractivity contribution in [3.8, 4) is 11.1 Å². The Morgan fingerprint density at radius 2 is 1.19 bits per heavy atom. The van der Waals surface area contributed by atoms with Gasteiger partial charge in [0.2, 0.25) is 0 Å². The molecule has 3 heteroatoms. The van der Waals surface area contributed by atoms with Crippen LogP contribution in [0.5, 0.6) is 0 Å². The van der Waals surface area contributed by atoms with Crippen LogP contribution in [-0.4, -0.2) is 11.5 Å². The van der Waals surface area contributed by atoms with Crippen LogP contribution in [-0.2, 0) is 0 Å². The van der Waals surface area contributed by atoms with Crippen molar-refractivity contribution in [3.05, 3.63) is 199 Å². The van der Waals surface area contributed by atoms with Crippen molar-refractivity contribution >= 4 is 92.2 Å². The van der Waals surface area contributed by atoms with Gasteiger partial charge in [0.05, 0.1) is 5.71 Å². The molecule has 248 valence electrons. The number of amidine groups is 1. The van der Waals surface area contributed by atoms with E-state index in [0.717, 1.165) is 22.4 Å². The van der Waals surface area contributed by atoms with Gasteiger partial charge in [0.25, 0.3) is 0 Å². The SMILES string of the molecule is N=C(N=C(/C=C/c1ccc2cc(-c3c4ccccc4cc4c3ccc3ccccc34)ccc2c1)c1cccc2sc3ccccc3c12)c1ccccc1. The molecule has 0 amide bonds. The van der Waals surface area contributed by atoms with Gasteiger partial charge in [-0.05, 0) is 96.2 Å². The summed E-state index contributed by atoms with van der Waals surface area (Å²) in [6.45, 7) is 0. The molecular weight excluding hydrogens is 661 g/mol. The van der Waals surface area contributed by atoms with Crippen LogP contribution in [0.2, 0.25) is 0 Å². The first-order chi connectivity index (χ1) is 26.2. The maximum absolute atomic E-state index is 8.95. The van der Waals surface area contributed by atoms with E-state index in [4.69, 9.17) is 10.4 Å². The summed E-state index contributed by atoms with van der Waals surface area (Å²) in [5.41, 5.74) is 6.13. The summed E-state index contributed by atoms with van der Waals surface area (Å²) >= 11 is 1.79. The predicted octanol–water partition coefficient (Wildman–Crippen LogP) is 13.9. The molecule has 0 radical (unpaired) electrons. The summed E-state index contributed by atoms with van der Waals surface area (Å²) in [4.78, 5) is 4.96. The Labute approximate surface area is 311 Å². The van der Waals surface area contributed by atoms with E-state index in [2.05, 4.69) is 158 Å². The van der Waals surface area contributed by atoms with E-state index in [0.29, 0.717) is 0 Å². The van der Waals surface area contributed by atoms with Crippen LogP contribution in [0.1, 0.15) is 16.7 Å². The largest absolute Gasteiger partial charge is 0.282 e. The van der Waals surface area contributed by atoms with E-state index in [-0.39, 0.29) is 5.84 Å². The number of benzene rings is 9. The fraction of sp³-hybridized carbons (Fsp3) is 0. The molecular formula is C50H32N2S. The van der Waals surface area contributed by atoms with E-state index in [1.807, 2.05) is 30.3 Å². The van der Waals surface area contributed by atoms with E-state index in [9.17, 15) is 0 Å². The summed E-state index contributed by atoms with van der Waals surface area (Å²) in [6.07, 6.45) is 4.20. The smallest absolute Gasteiger partial charge is 0.152 e. The molecule has 0 fully saturated rings. The van der Waals surface area contributed by atoms with Gasteiger partial charge in [0, 0.05) is 31.3 Å². The zero-order valence-electron chi connectivity index (χ0n) is 28.8. The van der Waals surface area contributed by atoms with Crippen LogP contribution in [0.15, 0.2) is 187 Å². The molecule has 1 aromatic heterocycles. The van der Waals surface area contributed by atoms with Gasteiger partial charge in [0.1, 0.15) is 0 Å². The lowest BCUT2D eigenvalue weighted by atomic mass is 9.89. The van der Waals surface area contributed by atoms with E-state index < -0.39 is 0 Å². The minimum Gasteiger partial charge on any atom is -0.282 e. The van der Waals surface area contributed by atoms with Crippen molar-refractivity contribution < 1.29 is 0 Å². The Morgan fingerprint density at radius 1 is 0.491 bits per heavy atom. The highest BCUT2D eigenvalue weighted by Crippen LogP contribution is 2.40. The lowest BCUT2D eigenvalue weighted by Gasteiger charge is -2.15. The highest BCUT2D eigenvalue weighted by Gasteiger charge is 2.15. The normalized spacial score (nSPS) is 12.3. The van der Waals surface area contributed by atoms with E-state index >= 15 is 0 Å². The molecule has 0 aliphatic heterocycles. The van der Waals surface area contributed by atoms with Crippen LogP contribution < -0.4 is 0 Å². The summed E-state index contributed by atoms with van der Waals surface area (Å²) < 4.78 is 2.46. The average molecular weight is 693 g/mol. The number of rotatable bonds is 5. The second-order valence-electron chi connectivity index (χ2n) is 13.5. The quantitative estimate of drug-likeness (QED) is 0.0807. The van der Waals surface area contributed by atoms with Crippen molar-refractivity contribution in [3.63, 3.8) is 0 Å². The molecule has 0 aliphatic carbocycles. The van der Waals surface area contributed by atoms with Gasteiger partial charge in [-0.25, -0.2) is 4.99 Å². The van der Waals surface area contributed by atoms with Crippen LogP contribution in [0.3, 0.4) is 0 Å².